The molecule has 1 saturated heterocycles. The second-order valence-electron chi connectivity index (χ2n) is 5.94. The fourth-order valence-electron chi connectivity index (χ4n) is 2.63. The van der Waals surface area contributed by atoms with Crippen molar-refractivity contribution in [1.29, 1.82) is 0 Å². The van der Waals surface area contributed by atoms with Crippen LogP contribution >= 0.6 is 0 Å². The van der Waals surface area contributed by atoms with E-state index in [1.54, 1.807) is 14.0 Å². The van der Waals surface area contributed by atoms with Crippen LogP contribution in [0.3, 0.4) is 0 Å². The highest BCUT2D eigenvalue weighted by atomic mass is 32.2. The van der Waals surface area contributed by atoms with E-state index in [-0.39, 0.29) is 29.2 Å². The minimum absolute atomic E-state index is 0.0502. The Labute approximate surface area is 143 Å². The number of carbonyl (C=O) groups excluding carboxylic acids is 1. The number of halogens is 3. The van der Waals surface area contributed by atoms with E-state index in [0.717, 1.165) is 12.1 Å². The third-order valence-corrected chi connectivity index (χ3v) is 5.70. The maximum absolute atomic E-state index is 12.4. The molecule has 0 aromatic heterocycles. The molecule has 1 aromatic rings. The van der Waals surface area contributed by atoms with Crippen LogP contribution in [0.4, 0.5) is 18.9 Å². The van der Waals surface area contributed by atoms with Gasteiger partial charge in [-0.3, -0.25) is 4.79 Å². The summed E-state index contributed by atoms with van der Waals surface area (Å²) in [7, 11) is -1.55. The lowest BCUT2D eigenvalue weighted by molar-refractivity contribution is -0.274. The van der Waals surface area contributed by atoms with Gasteiger partial charge in [0.15, 0.2) is 9.84 Å². The molecule has 1 heterocycles. The van der Waals surface area contributed by atoms with Gasteiger partial charge in [0.25, 0.3) is 0 Å². The summed E-state index contributed by atoms with van der Waals surface area (Å²) in [5.41, 5.74) is 0.447. The summed E-state index contributed by atoms with van der Waals surface area (Å²) in [6, 6.07) is 3.99. The molecule has 1 aliphatic heterocycles. The van der Waals surface area contributed by atoms with Crippen LogP contribution in [0.1, 0.15) is 13.3 Å². The molecule has 1 fully saturated rings. The number of rotatable bonds is 5. The Hall–Kier alpha value is -1.97. The van der Waals surface area contributed by atoms with Gasteiger partial charge in [-0.05, 0) is 37.6 Å². The number of nitrogens with zero attached hydrogens (tertiary/aromatic N) is 1. The fraction of sp³-hybridized carbons (Fsp3) is 0.533. The molecule has 0 saturated carbocycles. The zero-order valence-electron chi connectivity index (χ0n) is 13.7. The monoisotopic (exact) mass is 380 g/mol. The third-order valence-electron chi connectivity index (χ3n) is 3.95. The molecule has 2 rings (SSSR count). The van der Waals surface area contributed by atoms with E-state index in [4.69, 9.17) is 0 Å². The number of alkyl halides is 3. The zero-order valence-corrected chi connectivity index (χ0v) is 14.5. The van der Waals surface area contributed by atoms with Crippen LogP contribution in [0.2, 0.25) is 0 Å². The molecule has 0 radical (unpaired) electrons. The van der Waals surface area contributed by atoms with Crippen molar-refractivity contribution < 1.29 is 31.1 Å². The van der Waals surface area contributed by atoms with Gasteiger partial charge in [-0.2, -0.15) is 0 Å². The largest absolute Gasteiger partial charge is 0.573 e. The lowest BCUT2D eigenvalue weighted by Crippen LogP contribution is -2.45. The summed E-state index contributed by atoms with van der Waals surface area (Å²) < 4.78 is 63.2. The molecule has 2 atom stereocenters. The number of amides is 1. The van der Waals surface area contributed by atoms with Crippen LogP contribution in [0.25, 0.3) is 0 Å². The lowest BCUT2D eigenvalue weighted by Gasteiger charge is -2.27. The van der Waals surface area contributed by atoms with Gasteiger partial charge >= 0.3 is 6.36 Å². The van der Waals surface area contributed by atoms with Gasteiger partial charge in [0, 0.05) is 18.8 Å². The summed E-state index contributed by atoms with van der Waals surface area (Å²) >= 11 is 0. The van der Waals surface area contributed by atoms with E-state index < -0.39 is 22.2 Å². The number of hydrogen-bond acceptors (Lipinski definition) is 5. The molecule has 0 bridgehead atoms. The Morgan fingerprint density at radius 2 is 1.92 bits per heavy atom. The van der Waals surface area contributed by atoms with E-state index in [1.807, 2.05) is 0 Å². The van der Waals surface area contributed by atoms with Gasteiger partial charge in [-0.15, -0.1) is 13.2 Å². The normalized spacial score (nSPS) is 20.8. The average molecular weight is 380 g/mol. The summed E-state index contributed by atoms with van der Waals surface area (Å²) in [5.74, 6) is -0.633. The number of benzene rings is 1. The number of carbonyl (C=O) groups is 1. The van der Waals surface area contributed by atoms with E-state index >= 15 is 0 Å². The Balaban J connectivity index is 1.94. The molecule has 140 valence electrons. The van der Waals surface area contributed by atoms with Crippen LogP contribution in [-0.4, -0.2) is 56.2 Å². The Morgan fingerprint density at radius 1 is 1.32 bits per heavy atom. The second-order valence-corrected chi connectivity index (χ2v) is 8.17. The second kappa shape index (κ2) is 7.11. The Bertz CT molecular complexity index is 719. The molecular formula is C15H19F3N2O4S. The van der Waals surface area contributed by atoms with E-state index in [2.05, 4.69) is 10.1 Å². The summed E-state index contributed by atoms with van der Waals surface area (Å²) in [5, 5.41) is 2.88. The predicted molar refractivity (Wildman–Crippen MR) is 86.0 cm³/mol. The van der Waals surface area contributed by atoms with Gasteiger partial charge in [0.2, 0.25) is 5.91 Å². The van der Waals surface area contributed by atoms with Gasteiger partial charge in [0.05, 0.1) is 11.5 Å². The van der Waals surface area contributed by atoms with E-state index in [1.165, 1.54) is 17.0 Å². The molecule has 0 unspecified atom stereocenters. The summed E-state index contributed by atoms with van der Waals surface area (Å²) in [6.45, 7) is 1.60. The highest BCUT2D eigenvalue weighted by Crippen LogP contribution is 2.24. The average Bonchev–Trinajstić information content (AvgIpc) is 2.86. The first-order valence-electron chi connectivity index (χ1n) is 7.56. The first-order chi connectivity index (χ1) is 11.5. The molecular weight excluding hydrogens is 361 g/mol. The predicted octanol–water partition coefficient (Wildman–Crippen LogP) is 2.03. The number of sulfone groups is 1. The van der Waals surface area contributed by atoms with Gasteiger partial charge in [-0.1, -0.05) is 0 Å². The molecule has 0 aliphatic carbocycles. The third kappa shape index (κ3) is 5.52. The highest BCUT2D eigenvalue weighted by molar-refractivity contribution is 7.91. The number of ether oxygens (including phenoxy) is 1. The van der Waals surface area contributed by atoms with Crippen molar-refractivity contribution in [2.75, 3.05) is 23.9 Å². The Morgan fingerprint density at radius 3 is 2.40 bits per heavy atom. The van der Waals surface area contributed by atoms with Gasteiger partial charge in [-0.25, -0.2) is 8.42 Å². The highest BCUT2D eigenvalue weighted by Gasteiger charge is 2.34. The van der Waals surface area contributed by atoms with Crippen molar-refractivity contribution in [2.45, 2.75) is 31.8 Å². The van der Waals surface area contributed by atoms with Crippen molar-refractivity contribution in [3.63, 3.8) is 0 Å². The SMILES string of the molecule is C[C@H](Nc1ccc(OC(F)(F)F)cc1)C(=O)N(C)[C@@H]1CCS(=O)(=O)C1. The lowest BCUT2D eigenvalue weighted by atomic mass is 10.2. The quantitative estimate of drug-likeness (QED) is 0.846. The van der Waals surface area contributed by atoms with Gasteiger partial charge in [0.1, 0.15) is 11.8 Å². The summed E-state index contributed by atoms with van der Waals surface area (Å²) in [4.78, 5) is 13.8. The van der Waals surface area contributed by atoms with Crippen molar-refractivity contribution in [2.24, 2.45) is 0 Å². The van der Waals surface area contributed by atoms with Crippen LogP contribution in [-0.2, 0) is 14.6 Å². The summed E-state index contributed by atoms with van der Waals surface area (Å²) in [6.07, 6.45) is -4.36. The van der Waals surface area contributed by atoms with E-state index in [0.29, 0.717) is 12.1 Å². The van der Waals surface area contributed by atoms with E-state index in [9.17, 15) is 26.4 Å². The smallest absolute Gasteiger partial charge is 0.406 e. The first kappa shape index (κ1) is 19.4. The molecule has 25 heavy (non-hydrogen) atoms. The van der Waals surface area contributed by atoms with Crippen molar-refractivity contribution in [3.8, 4) is 5.75 Å². The molecule has 1 aliphatic rings. The molecule has 1 N–H and O–H groups in total. The van der Waals surface area contributed by atoms with Crippen LogP contribution in [0.5, 0.6) is 5.75 Å². The molecule has 6 nitrogen and oxygen atoms in total. The Kier molecular flexibility index (Phi) is 5.50. The molecule has 1 aromatic carbocycles. The number of hydrogen-bond donors (Lipinski definition) is 1. The number of nitrogens with one attached hydrogen (secondary N) is 1. The zero-order chi connectivity index (χ0) is 18.8. The maximum atomic E-state index is 12.4. The van der Waals surface area contributed by atoms with Crippen LogP contribution < -0.4 is 10.1 Å². The fourth-order valence-corrected chi connectivity index (χ4v) is 4.41. The minimum atomic E-state index is -4.76. The van der Waals surface area contributed by atoms with Crippen LogP contribution in [0, 0.1) is 0 Å². The van der Waals surface area contributed by atoms with Crippen LogP contribution in [0.15, 0.2) is 24.3 Å². The minimum Gasteiger partial charge on any atom is -0.406 e. The number of likely N-dealkylation sites (N-methyl/N-ethyl adjacent to an activating group) is 1. The molecule has 1 amide bonds. The standard InChI is InChI=1S/C15H19F3N2O4S/c1-10(14(21)20(2)12-7-8-25(22,23)9-12)19-11-3-5-13(6-4-11)24-15(16,17)18/h3-6,10,12,19H,7-9H2,1-2H3/t10-,12+/m0/s1. The van der Waals surface area contributed by atoms with Crippen molar-refractivity contribution in [3.05, 3.63) is 24.3 Å². The van der Waals surface area contributed by atoms with Gasteiger partial charge < -0.3 is 15.0 Å². The molecule has 0 spiro atoms. The molecule has 10 heteroatoms. The van der Waals surface area contributed by atoms with Crippen molar-refractivity contribution in [1.82, 2.24) is 4.90 Å². The first-order valence-corrected chi connectivity index (χ1v) is 9.38. The van der Waals surface area contributed by atoms with Crippen molar-refractivity contribution >= 4 is 21.4 Å². The number of anilines is 1. The maximum Gasteiger partial charge on any atom is 0.573 e. The topological polar surface area (TPSA) is 75.7 Å².